The number of hydrogen-bond acceptors (Lipinski definition) is 14. The van der Waals surface area contributed by atoms with E-state index in [2.05, 4.69) is 24.1 Å². The maximum absolute atomic E-state index is 15.2. The first kappa shape index (κ1) is 48.6. The molecule has 374 valence electrons. The van der Waals surface area contributed by atoms with E-state index in [4.69, 9.17) is 14.2 Å². The van der Waals surface area contributed by atoms with Gasteiger partial charge in [-0.1, -0.05) is 25.8 Å². The van der Waals surface area contributed by atoms with Crippen molar-refractivity contribution < 1.29 is 64.7 Å². The van der Waals surface area contributed by atoms with Crippen molar-refractivity contribution in [3.63, 3.8) is 0 Å². The van der Waals surface area contributed by atoms with E-state index in [-0.39, 0.29) is 55.0 Å². The maximum atomic E-state index is 15.2. The van der Waals surface area contributed by atoms with E-state index >= 15 is 4.79 Å². The molecular weight excluding hydrogens is 873 g/mol. The monoisotopic (exact) mass is 947 g/mol. The van der Waals surface area contributed by atoms with Gasteiger partial charge in [0, 0.05) is 81.0 Å². The number of nitrogens with one attached hydrogen (secondary N) is 1. The Morgan fingerprint density at radius 2 is 1.75 bits per heavy atom. The van der Waals surface area contributed by atoms with Crippen LogP contribution < -0.4 is 5.32 Å². The van der Waals surface area contributed by atoms with Crippen molar-refractivity contribution in [3.05, 3.63) is 41.0 Å². The molecule has 15 nitrogen and oxygen atoms in total. The third-order valence-corrected chi connectivity index (χ3v) is 20.2. The molecule has 4 saturated carbocycles. The summed E-state index contributed by atoms with van der Waals surface area (Å²) in [5.74, 6) is 0.679. The number of phenols is 1. The molecule has 1 aromatic rings. The van der Waals surface area contributed by atoms with Crippen LogP contribution in [0.25, 0.3) is 0 Å². The topological polar surface area (TPSA) is 239 Å². The molecule has 5 heterocycles. The number of hydrogen-bond donors (Lipinski definition) is 9. The summed E-state index contributed by atoms with van der Waals surface area (Å²) < 4.78 is 18.2. The number of phenolic OH excluding ortho intramolecular Hbond substituents is 1. The molecule has 3 saturated heterocycles. The number of aliphatic hydroxyl groups is 7. The Kier molecular flexibility index (Phi) is 12.2. The number of allylic oxidation sites excluding steroid dienone is 1. The van der Waals surface area contributed by atoms with Crippen molar-refractivity contribution in [2.24, 2.45) is 45.3 Å². The van der Waals surface area contributed by atoms with Crippen LogP contribution in [0.1, 0.15) is 121 Å². The summed E-state index contributed by atoms with van der Waals surface area (Å²) in [4.78, 5) is 31.6. The van der Waals surface area contributed by atoms with Crippen LogP contribution in [0.3, 0.4) is 0 Å². The number of benzene rings is 1. The first-order valence-electron chi connectivity index (χ1n) is 25.5. The number of aromatic hydroxyl groups is 1. The van der Waals surface area contributed by atoms with Crippen LogP contribution in [0.5, 0.6) is 5.75 Å². The van der Waals surface area contributed by atoms with Crippen molar-refractivity contribution >= 4 is 11.7 Å². The number of aliphatic hydroxyl groups excluding tert-OH is 3. The fourth-order valence-electron chi connectivity index (χ4n) is 16.5. The summed E-state index contributed by atoms with van der Waals surface area (Å²) in [6, 6.07) is 4.06. The molecule has 5 aliphatic heterocycles. The SMILES string of the molecule is COCCCOC1CCC2(C)C(C1)C(=O)C=C1C3(O)CCC4C(C)(O)C(O)(O)C5OC6C(O)NC(C(=O)N7CC7CC#CC12CCC43C)C1(CCC(c2ccc(O)cc2CCCO)C1)C6C5CO. The van der Waals surface area contributed by atoms with Crippen molar-refractivity contribution in [1.29, 1.82) is 0 Å². The number of rotatable bonds is 10. The highest BCUT2D eigenvalue weighted by molar-refractivity contribution is 5.96. The molecule has 11 rings (SSSR count). The van der Waals surface area contributed by atoms with Gasteiger partial charge in [-0.3, -0.25) is 14.9 Å². The van der Waals surface area contributed by atoms with E-state index < -0.39 is 93.4 Å². The van der Waals surface area contributed by atoms with Gasteiger partial charge in [-0.15, -0.1) is 5.92 Å². The number of ether oxygens (including phenoxy) is 3. The van der Waals surface area contributed by atoms with Crippen LogP contribution in [0.4, 0.5) is 0 Å². The Balaban J connectivity index is 1.08. The molecule has 10 aliphatic rings. The highest BCUT2D eigenvalue weighted by Crippen LogP contribution is 2.74. The van der Waals surface area contributed by atoms with Gasteiger partial charge in [-0.05, 0) is 137 Å². The first-order valence-corrected chi connectivity index (χ1v) is 25.5. The molecule has 17 unspecified atom stereocenters. The van der Waals surface area contributed by atoms with Crippen LogP contribution in [-0.4, -0.2) is 151 Å². The number of amides is 1. The van der Waals surface area contributed by atoms with Gasteiger partial charge in [0.15, 0.2) is 5.78 Å². The zero-order chi connectivity index (χ0) is 48.4. The Labute approximate surface area is 399 Å². The van der Waals surface area contributed by atoms with Gasteiger partial charge in [0.05, 0.1) is 29.2 Å². The third-order valence-electron chi connectivity index (χ3n) is 20.2. The lowest BCUT2D eigenvalue weighted by Gasteiger charge is -2.64. The van der Waals surface area contributed by atoms with E-state index in [1.54, 1.807) is 30.2 Å². The summed E-state index contributed by atoms with van der Waals surface area (Å²) in [5, 5.41) is 99.1. The van der Waals surface area contributed by atoms with Gasteiger partial charge >= 0.3 is 0 Å². The molecule has 1 aromatic carbocycles. The average molecular weight is 947 g/mol. The third kappa shape index (κ3) is 6.86. The molecule has 7 fully saturated rings. The fraction of sp³-hybridized carbons (Fsp3) is 0.774. The van der Waals surface area contributed by atoms with Gasteiger partial charge in [0.2, 0.25) is 11.7 Å². The number of fused-ring (bicyclic) bond motifs is 4. The molecule has 0 radical (unpaired) electrons. The molecule has 0 aromatic heterocycles. The number of nitrogens with zero attached hydrogens (tertiary/aromatic N) is 1. The Bertz CT molecular complexity index is 2260. The number of piperidine rings is 1. The summed E-state index contributed by atoms with van der Waals surface area (Å²) in [6.07, 6.45) is 3.85. The second kappa shape index (κ2) is 17.1. The highest BCUT2D eigenvalue weighted by Gasteiger charge is 2.77. The lowest BCUT2D eigenvalue weighted by Crippen LogP contribution is -2.70. The molecule has 5 aliphatic carbocycles. The van der Waals surface area contributed by atoms with E-state index in [1.807, 2.05) is 13.0 Å². The maximum Gasteiger partial charge on any atom is 0.240 e. The minimum absolute atomic E-state index is 0.0263. The predicted octanol–water partition coefficient (Wildman–Crippen LogP) is 2.57. The Hall–Kier alpha value is -2.98. The summed E-state index contributed by atoms with van der Waals surface area (Å²) >= 11 is 0. The van der Waals surface area contributed by atoms with Gasteiger partial charge in [0.25, 0.3) is 0 Å². The quantitative estimate of drug-likeness (QED) is 0.0710. The largest absolute Gasteiger partial charge is 0.508 e. The minimum Gasteiger partial charge on any atom is -0.508 e. The normalized spacial score (nSPS) is 46.7. The van der Waals surface area contributed by atoms with E-state index in [9.17, 15) is 45.6 Å². The van der Waals surface area contributed by atoms with Crippen LogP contribution in [0.2, 0.25) is 0 Å². The predicted molar refractivity (Wildman–Crippen MR) is 246 cm³/mol. The van der Waals surface area contributed by atoms with Crippen molar-refractivity contribution in [2.75, 3.05) is 40.1 Å². The van der Waals surface area contributed by atoms with Crippen LogP contribution >= 0.6 is 0 Å². The minimum atomic E-state index is -3.05. The molecule has 9 N–H and O–H groups in total. The standard InChI is InChI=1S/C53H74N2O13/c1-47-16-13-34(67-23-7-22-66-4)25-37(47)38(59)26-40-51(47)15-5-9-32-28-55(32)46(61)43-50(17-12-31(27-50)35-11-10-33(58)24-30(35)8-6-21-56)41-36(29-57)44(68-42(41)45(60)54-43)53(64,65)49(3,62)39-14-18-52(40,63)48(39,2)19-20-51/h10-11,24,26,31-32,34,36-37,39,41-45,54,56-58,60,62-65H,6-9,12-14,16-23,25,27-29H2,1-4H3. The van der Waals surface area contributed by atoms with Crippen LogP contribution in [0, 0.1) is 57.2 Å². The smallest absolute Gasteiger partial charge is 0.240 e. The number of methoxy groups -OCH3 is 1. The van der Waals surface area contributed by atoms with Gasteiger partial charge in [0.1, 0.15) is 29.8 Å². The van der Waals surface area contributed by atoms with Crippen LogP contribution in [0.15, 0.2) is 29.8 Å². The zero-order valence-corrected chi connectivity index (χ0v) is 40.2. The van der Waals surface area contributed by atoms with Crippen molar-refractivity contribution in [1.82, 2.24) is 10.2 Å². The Morgan fingerprint density at radius 3 is 2.50 bits per heavy atom. The molecule has 68 heavy (non-hydrogen) atoms. The summed E-state index contributed by atoms with van der Waals surface area (Å²) in [5.41, 5.74) is -5.46. The molecule has 1 amide bonds. The second-order valence-electron chi connectivity index (χ2n) is 23.2. The number of carbonyl (C=O) groups excluding carboxylic acids is 2. The first-order chi connectivity index (χ1) is 32.3. The fourth-order valence-corrected chi connectivity index (χ4v) is 16.5. The highest BCUT2D eigenvalue weighted by atomic mass is 16.6. The van der Waals surface area contributed by atoms with Crippen molar-refractivity contribution in [3.8, 4) is 17.6 Å². The molecular formula is C53H74N2O13. The lowest BCUT2D eigenvalue weighted by atomic mass is 9.39. The van der Waals surface area contributed by atoms with E-state index in [0.717, 1.165) is 17.5 Å². The summed E-state index contributed by atoms with van der Waals surface area (Å²) in [7, 11) is 1.66. The summed E-state index contributed by atoms with van der Waals surface area (Å²) in [6.45, 7) is 6.28. The molecule has 2 spiro atoms. The Morgan fingerprint density at radius 1 is 0.956 bits per heavy atom. The van der Waals surface area contributed by atoms with Crippen LogP contribution in [-0.2, 0) is 30.2 Å². The van der Waals surface area contributed by atoms with Gasteiger partial charge in [-0.2, -0.15) is 0 Å². The van der Waals surface area contributed by atoms with E-state index in [1.165, 1.54) is 6.92 Å². The van der Waals surface area contributed by atoms with E-state index in [0.29, 0.717) is 96.0 Å². The average Bonchev–Trinajstić information content (AvgIpc) is 3.59. The zero-order valence-electron chi connectivity index (χ0n) is 40.2. The second-order valence-corrected chi connectivity index (χ2v) is 23.2. The number of ketones is 1. The molecule has 7 bridgehead atoms. The van der Waals surface area contributed by atoms with Gasteiger partial charge in [-0.25, -0.2) is 0 Å². The number of aryl methyl sites for hydroxylation is 1. The molecule has 17 atom stereocenters. The number of carbonyl (C=O) groups is 2. The lowest BCUT2D eigenvalue weighted by molar-refractivity contribution is -0.345. The van der Waals surface area contributed by atoms with Gasteiger partial charge < -0.3 is 60.0 Å². The molecule has 15 heteroatoms. The van der Waals surface area contributed by atoms with Crippen molar-refractivity contribution in [2.45, 2.75) is 170 Å².